The molecule has 1 aliphatic rings. The molecule has 1 nitrogen and oxygen atoms in total. The molecule has 1 fully saturated rings. The summed E-state index contributed by atoms with van der Waals surface area (Å²) in [7, 11) is 0. The van der Waals surface area contributed by atoms with E-state index in [0.29, 0.717) is 5.54 Å². The molecule has 1 unspecified atom stereocenters. The zero-order valence-electron chi connectivity index (χ0n) is 10.1. The van der Waals surface area contributed by atoms with Gasteiger partial charge in [-0.15, -0.1) is 0 Å². The van der Waals surface area contributed by atoms with E-state index < -0.39 is 0 Å². The number of rotatable bonds is 2. The van der Waals surface area contributed by atoms with Crippen molar-refractivity contribution in [2.45, 2.75) is 45.6 Å². The lowest BCUT2D eigenvalue weighted by molar-refractivity contribution is 0.411. The standard InChI is InChI=1S/C14H21N/c1-11-6-4-7-12(2)13(11)10-14(3)8-5-9-15-14/h4,6-7,15H,5,8-10H2,1-3H3. The second-order valence-electron chi connectivity index (χ2n) is 5.14. The first-order valence-electron chi connectivity index (χ1n) is 5.91. The van der Waals surface area contributed by atoms with E-state index in [0.717, 1.165) is 0 Å². The van der Waals surface area contributed by atoms with Crippen LogP contribution >= 0.6 is 0 Å². The molecular weight excluding hydrogens is 182 g/mol. The van der Waals surface area contributed by atoms with Crippen molar-refractivity contribution < 1.29 is 0 Å². The molecule has 0 amide bonds. The Balaban J connectivity index is 2.23. The Labute approximate surface area is 92.9 Å². The maximum absolute atomic E-state index is 3.64. The minimum atomic E-state index is 0.330. The van der Waals surface area contributed by atoms with Crippen LogP contribution in [0.4, 0.5) is 0 Å². The molecule has 2 rings (SSSR count). The van der Waals surface area contributed by atoms with Gasteiger partial charge in [-0.25, -0.2) is 0 Å². The highest BCUT2D eigenvalue weighted by molar-refractivity contribution is 5.35. The minimum Gasteiger partial charge on any atom is -0.311 e. The molecule has 1 N–H and O–H groups in total. The van der Waals surface area contributed by atoms with Gasteiger partial charge in [-0.1, -0.05) is 18.2 Å². The van der Waals surface area contributed by atoms with E-state index in [1.807, 2.05) is 0 Å². The van der Waals surface area contributed by atoms with Crippen molar-refractivity contribution >= 4 is 0 Å². The third kappa shape index (κ3) is 2.23. The van der Waals surface area contributed by atoms with Crippen molar-refractivity contribution in [2.75, 3.05) is 6.54 Å². The summed E-state index contributed by atoms with van der Waals surface area (Å²) in [4.78, 5) is 0. The van der Waals surface area contributed by atoms with Gasteiger partial charge in [-0.2, -0.15) is 0 Å². The van der Waals surface area contributed by atoms with E-state index in [-0.39, 0.29) is 0 Å². The molecule has 15 heavy (non-hydrogen) atoms. The fraction of sp³-hybridized carbons (Fsp3) is 0.571. The third-order valence-electron chi connectivity index (χ3n) is 3.67. The number of hydrogen-bond acceptors (Lipinski definition) is 1. The van der Waals surface area contributed by atoms with Gasteiger partial charge in [0.2, 0.25) is 0 Å². The van der Waals surface area contributed by atoms with E-state index in [1.54, 1.807) is 0 Å². The summed E-state index contributed by atoms with van der Waals surface area (Å²) < 4.78 is 0. The lowest BCUT2D eigenvalue weighted by Gasteiger charge is -2.26. The van der Waals surface area contributed by atoms with E-state index in [1.165, 1.54) is 42.5 Å². The van der Waals surface area contributed by atoms with Crippen molar-refractivity contribution in [3.63, 3.8) is 0 Å². The van der Waals surface area contributed by atoms with Crippen LogP contribution in [0.25, 0.3) is 0 Å². The van der Waals surface area contributed by atoms with Gasteiger partial charge in [0.25, 0.3) is 0 Å². The average molecular weight is 203 g/mol. The molecule has 0 bridgehead atoms. The zero-order valence-corrected chi connectivity index (χ0v) is 10.1. The van der Waals surface area contributed by atoms with Gasteiger partial charge in [-0.05, 0) is 63.3 Å². The molecule has 1 heterocycles. The van der Waals surface area contributed by atoms with Gasteiger partial charge in [-0.3, -0.25) is 0 Å². The molecule has 0 spiro atoms. The third-order valence-corrected chi connectivity index (χ3v) is 3.67. The van der Waals surface area contributed by atoms with E-state index in [9.17, 15) is 0 Å². The second kappa shape index (κ2) is 3.97. The number of nitrogens with one attached hydrogen (secondary N) is 1. The molecule has 1 aromatic rings. The fourth-order valence-electron chi connectivity index (χ4n) is 2.63. The van der Waals surface area contributed by atoms with Crippen LogP contribution < -0.4 is 5.32 Å². The summed E-state index contributed by atoms with van der Waals surface area (Å²) in [5.74, 6) is 0. The molecule has 1 heteroatoms. The highest BCUT2D eigenvalue weighted by Gasteiger charge is 2.28. The van der Waals surface area contributed by atoms with Crippen molar-refractivity contribution in [2.24, 2.45) is 0 Å². The summed E-state index contributed by atoms with van der Waals surface area (Å²) in [5, 5.41) is 3.64. The number of aryl methyl sites for hydroxylation is 2. The molecule has 0 aromatic heterocycles. The Morgan fingerprint density at radius 3 is 2.47 bits per heavy atom. The van der Waals surface area contributed by atoms with Gasteiger partial charge < -0.3 is 5.32 Å². The average Bonchev–Trinajstić information content (AvgIpc) is 2.60. The van der Waals surface area contributed by atoms with Gasteiger partial charge in [0.05, 0.1) is 0 Å². The Hall–Kier alpha value is -0.820. The molecule has 82 valence electrons. The van der Waals surface area contributed by atoms with E-state index in [2.05, 4.69) is 44.3 Å². The largest absolute Gasteiger partial charge is 0.311 e. The van der Waals surface area contributed by atoms with E-state index >= 15 is 0 Å². The maximum atomic E-state index is 3.64. The van der Waals surface area contributed by atoms with Crippen LogP contribution in [0.3, 0.4) is 0 Å². The molecule has 1 aromatic carbocycles. The zero-order chi connectivity index (χ0) is 10.9. The first-order chi connectivity index (χ1) is 7.11. The molecule has 1 aliphatic heterocycles. The van der Waals surface area contributed by atoms with Crippen molar-refractivity contribution in [3.05, 3.63) is 34.9 Å². The van der Waals surface area contributed by atoms with Crippen LogP contribution in [0.15, 0.2) is 18.2 Å². The normalized spacial score (nSPS) is 25.8. The lowest BCUT2D eigenvalue weighted by Crippen LogP contribution is -2.38. The van der Waals surface area contributed by atoms with Gasteiger partial charge in [0.15, 0.2) is 0 Å². The first kappa shape index (κ1) is 10.7. The maximum Gasteiger partial charge on any atom is 0.0194 e. The smallest absolute Gasteiger partial charge is 0.0194 e. The van der Waals surface area contributed by atoms with Crippen LogP contribution in [-0.2, 0) is 6.42 Å². The van der Waals surface area contributed by atoms with Gasteiger partial charge >= 0.3 is 0 Å². The monoisotopic (exact) mass is 203 g/mol. The van der Waals surface area contributed by atoms with Crippen LogP contribution in [0.2, 0.25) is 0 Å². The van der Waals surface area contributed by atoms with Gasteiger partial charge in [0.1, 0.15) is 0 Å². The highest BCUT2D eigenvalue weighted by atomic mass is 15.0. The van der Waals surface area contributed by atoms with Gasteiger partial charge in [0, 0.05) is 5.54 Å². The second-order valence-corrected chi connectivity index (χ2v) is 5.14. The molecule has 1 atom stereocenters. The predicted octanol–water partition coefficient (Wildman–Crippen LogP) is 2.99. The van der Waals surface area contributed by atoms with Crippen LogP contribution in [0, 0.1) is 13.8 Å². The quantitative estimate of drug-likeness (QED) is 0.779. The van der Waals surface area contributed by atoms with Crippen molar-refractivity contribution in [1.82, 2.24) is 5.32 Å². The lowest BCUT2D eigenvalue weighted by atomic mass is 9.87. The topological polar surface area (TPSA) is 12.0 Å². The predicted molar refractivity (Wildman–Crippen MR) is 65.3 cm³/mol. The summed E-state index contributed by atoms with van der Waals surface area (Å²) in [5.41, 5.74) is 4.74. The van der Waals surface area contributed by atoms with Crippen molar-refractivity contribution in [1.29, 1.82) is 0 Å². The molecule has 0 radical (unpaired) electrons. The number of benzene rings is 1. The Morgan fingerprint density at radius 2 is 1.93 bits per heavy atom. The van der Waals surface area contributed by atoms with Crippen LogP contribution in [0.5, 0.6) is 0 Å². The summed E-state index contributed by atoms with van der Waals surface area (Å²) >= 11 is 0. The van der Waals surface area contributed by atoms with Crippen molar-refractivity contribution in [3.8, 4) is 0 Å². The van der Waals surface area contributed by atoms with Crippen LogP contribution in [-0.4, -0.2) is 12.1 Å². The minimum absolute atomic E-state index is 0.330. The molecule has 0 saturated carbocycles. The molecule has 0 aliphatic carbocycles. The summed E-state index contributed by atoms with van der Waals surface area (Å²) in [6, 6.07) is 6.60. The Morgan fingerprint density at radius 1 is 1.27 bits per heavy atom. The molecule has 1 saturated heterocycles. The molecular formula is C14H21N. The summed E-state index contributed by atoms with van der Waals surface area (Å²) in [6.45, 7) is 7.98. The van der Waals surface area contributed by atoms with E-state index in [4.69, 9.17) is 0 Å². The Bertz CT molecular complexity index is 328. The fourth-order valence-corrected chi connectivity index (χ4v) is 2.63. The number of hydrogen-bond donors (Lipinski definition) is 1. The Kier molecular flexibility index (Phi) is 2.83. The highest BCUT2D eigenvalue weighted by Crippen LogP contribution is 2.26. The first-order valence-corrected chi connectivity index (χ1v) is 5.91. The SMILES string of the molecule is Cc1cccc(C)c1CC1(C)CCCN1. The summed E-state index contributed by atoms with van der Waals surface area (Å²) in [6.07, 6.45) is 3.80. The van der Waals surface area contributed by atoms with Crippen LogP contribution in [0.1, 0.15) is 36.5 Å².